The molecule has 6 heteroatoms. The Morgan fingerprint density at radius 1 is 1.46 bits per heavy atom. The molecule has 3 aromatic rings. The largest absolute Gasteiger partial charge is 0.356 e. The number of hydrogen-bond acceptors (Lipinski definition) is 2. The third-order valence-electron chi connectivity index (χ3n) is 4.82. The van der Waals surface area contributed by atoms with Crippen molar-refractivity contribution in [1.29, 1.82) is 0 Å². The second-order valence-electron chi connectivity index (χ2n) is 6.45. The first-order valence-electron chi connectivity index (χ1n) is 8.18. The number of benzene rings is 1. The van der Waals surface area contributed by atoms with Gasteiger partial charge in [-0.25, -0.2) is 4.39 Å². The average molecular weight is 326 g/mol. The molecule has 0 aliphatic heterocycles. The lowest BCUT2D eigenvalue weighted by molar-refractivity contribution is -0.121. The monoisotopic (exact) mass is 326 g/mol. The van der Waals surface area contributed by atoms with E-state index in [0.29, 0.717) is 5.52 Å². The van der Waals surface area contributed by atoms with Gasteiger partial charge in [-0.05, 0) is 43.4 Å². The second kappa shape index (κ2) is 5.78. The lowest BCUT2D eigenvalue weighted by Gasteiger charge is -2.22. The van der Waals surface area contributed by atoms with Crippen LogP contribution in [0.5, 0.6) is 0 Å². The maximum absolute atomic E-state index is 13.9. The van der Waals surface area contributed by atoms with Crippen LogP contribution in [0.4, 0.5) is 4.39 Å². The first-order valence-corrected chi connectivity index (χ1v) is 8.18. The van der Waals surface area contributed by atoms with Crippen LogP contribution in [0.2, 0.25) is 0 Å². The number of aromatic amines is 2. The smallest absolute Gasteiger partial charge is 0.224 e. The maximum atomic E-state index is 13.9. The van der Waals surface area contributed by atoms with E-state index in [2.05, 4.69) is 20.5 Å². The minimum atomic E-state index is -0.290. The van der Waals surface area contributed by atoms with Crippen molar-refractivity contribution >= 4 is 16.8 Å². The highest BCUT2D eigenvalue weighted by Gasteiger charge is 2.22. The van der Waals surface area contributed by atoms with Crippen molar-refractivity contribution in [3.8, 4) is 0 Å². The van der Waals surface area contributed by atoms with Crippen molar-refractivity contribution in [2.24, 2.45) is 0 Å². The minimum Gasteiger partial charge on any atom is -0.356 e. The van der Waals surface area contributed by atoms with E-state index in [-0.39, 0.29) is 24.2 Å². The summed E-state index contributed by atoms with van der Waals surface area (Å²) >= 11 is 0. The van der Waals surface area contributed by atoms with Gasteiger partial charge in [0.15, 0.2) is 0 Å². The van der Waals surface area contributed by atoms with E-state index < -0.39 is 0 Å². The summed E-state index contributed by atoms with van der Waals surface area (Å²) in [5, 5.41) is 10.9. The number of para-hydroxylation sites is 1. The van der Waals surface area contributed by atoms with Crippen LogP contribution in [-0.2, 0) is 24.1 Å². The summed E-state index contributed by atoms with van der Waals surface area (Å²) < 4.78 is 13.9. The SMILES string of the molecule is Cc1[nH]c2c(F)cccc2c1CC(=O)NC1CCc2[nH]ncc2C1. The standard InChI is InChI=1S/C18H19FN4O/c1-10-14(13-3-2-4-15(19)18(13)21-10)8-17(24)22-12-5-6-16-11(7-12)9-20-23-16/h2-4,9,12,21H,5-8H2,1H3,(H,20,23)(H,22,24). The molecular weight excluding hydrogens is 307 g/mol. The molecule has 124 valence electrons. The summed E-state index contributed by atoms with van der Waals surface area (Å²) in [5.74, 6) is -0.317. The van der Waals surface area contributed by atoms with Crippen LogP contribution < -0.4 is 5.32 Å². The molecule has 1 atom stereocenters. The number of halogens is 1. The molecule has 24 heavy (non-hydrogen) atoms. The van der Waals surface area contributed by atoms with Gasteiger partial charge in [-0.2, -0.15) is 5.10 Å². The molecule has 1 unspecified atom stereocenters. The molecule has 1 aliphatic carbocycles. The molecule has 0 saturated carbocycles. The van der Waals surface area contributed by atoms with Gasteiger partial charge < -0.3 is 10.3 Å². The average Bonchev–Trinajstić information content (AvgIpc) is 3.13. The van der Waals surface area contributed by atoms with Crippen LogP contribution in [0.3, 0.4) is 0 Å². The summed E-state index contributed by atoms with van der Waals surface area (Å²) in [6.07, 6.45) is 4.70. The van der Waals surface area contributed by atoms with Crippen LogP contribution in [0.1, 0.15) is 28.9 Å². The van der Waals surface area contributed by atoms with Crippen molar-refractivity contribution in [3.05, 3.63) is 52.7 Å². The van der Waals surface area contributed by atoms with Crippen LogP contribution in [0, 0.1) is 12.7 Å². The van der Waals surface area contributed by atoms with Crippen molar-refractivity contribution in [2.45, 2.75) is 38.6 Å². The van der Waals surface area contributed by atoms with Crippen LogP contribution in [-0.4, -0.2) is 27.1 Å². The summed E-state index contributed by atoms with van der Waals surface area (Å²) in [4.78, 5) is 15.5. The van der Waals surface area contributed by atoms with E-state index in [1.165, 1.54) is 17.3 Å². The number of nitrogens with one attached hydrogen (secondary N) is 3. The van der Waals surface area contributed by atoms with Crippen molar-refractivity contribution in [1.82, 2.24) is 20.5 Å². The van der Waals surface area contributed by atoms with Crippen molar-refractivity contribution < 1.29 is 9.18 Å². The summed E-state index contributed by atoms with van der Waals surface area (Å²) in [6, 6.07) is 5.08. The van der Waals surface area contributed by atoms with E-state index >= 15 is 0 Å². The number of fused-ring (bicyclic) bond motifs is 2. The first kappa shape index (κ1) is 14.9. The molecule has 1 aliphatic rings. The zero-order valence-electron chi connectivity index (χ0n) is 13.4. The Bertz CT molecular complexity index is 911. The number of carbonyl (C=O) groups excluding carboxylic acids is 1. The van der Waals surface area contributed by atoms with Gasteiger partial charge in [0.1, 0.15) is 5.82 Å². The molecule has 2 heterocycles. The number of carbonyl (C=O) groups is 1. The predicted octanol–water partition coefficient (Wildman–Crippen LogP) is 2.55. The van der Waals surface area contributed by atoms with E-state index in [9.17, 15) is 9.18 Å². The van der Waals surface area contributed by atoms with E-state index in [1.54, 1.807) is 6.07 Å². The first-order chi connectivity index (χ1) is 11.6. The van der Waals surface area contributed by atoms with Crippen molar-refractivity contribution in [2.75, 3.05) is 0 Å². The molecule has 5 nitrogen and oxygen atoms in total. The van der Waals surface area contributed by atoms with Gasteiger partial charge in [0.05, 0.1) is 18.1 Å². The quantitative estimate of drug-likeness (QED) is 0.692. The third-order valence-corrected chi connectivity index (χ3v) is 4.82. The molecule has 0 bridgehead atoms. The normalized spacial score (nSPS) is 17.0. The summed E-state index contributed by atoms with van der Waals surface area (Å²) in [7, 11) is 0. The predicted molar refractivity (Wildman–Crippen MR) is 89.2 cm³/mol. The molecule has 2 aromatic heterocycles. The van der Waals surface area contributed by atoms with E-state index in [0.717, 1.165) is 35.9 Å². The van der Waals surface area contributed by atoms with Crippen LogP contribution in [0.15, 0.2) is 24.4 Å². The molecule has 0 spiro atoms. The van der Waals surface area contributed by atoms with Gasteiger partial charge in [-0.15, -0.1) is 0 Å². The topological polar surface area (TPSA) is 73.6 Å². The van der Waals surface area contributed by atoms with Crippen LogP contribution in [0.25, 0.3) is 10.9 Å². The maximum Gasteiger partial charge on any atom is 0.224 e. The Morgan fingerprint density at radius 2 is 2.33 bits per heavy atom. The third kappa shape index (κ3) is 2.58. The lowest BCUT2D eigenvalue weighted by Crippen LogP contribution is -2.39. The molecule has 0 radical (unpaired) electrons. The molecule has 1 amide bonds. The summed E-state index contributed by atoms with van der Waals surface area (Å²) in [5.41, 5.74) is 4.52. The van der Waals surface area contributed by atoms with Gasteiger partial charge in [-0.3, -0.25) is 9.89 Å². The van der Waals surface area contributed by atoms with Gasteiger partial charge in [0.2, 0.25) is 5.91 Å². The Balaban J connectivity index is 1.49. The molecule has 1 aromatic carbocycles. The van der Waals surface area contributed by atoms with Gasteiger partial charge in [0, 0.05) is 22.8 Å². The van der Waals surface area contributed by atoms with Gasteiger partial charge in [0.25, 0.3) is 0 Å². The number of amides is 1. The van der Waals surface area contributed by atoms with Crippen LogP contribution >= 0.6 is 0 Å². The highest BCUT2D eigenvalue weighted by atomic mass is 19.1. The van der Waals surface area contributed by atoms with Crippen molar-refractivity contribution in [3.63, 3.8) is 0 Å². The Hall–Kier alpha value is -2.63. The molecule has 4 rings (SSSR count). The number of H-pyrrole nitrogens is 2. The number of nitrogens with zero attached hydrogens (tertiary/aromatic N) is 1. The summed E-state index contributed by atoms with van der Waals surface area (Å²) in [6.45, 7) is 1.88. The molecular formula is C18H19FN4O. The highest BCUT2D eigenvalue weighted by Crippen LogP contribution is 2.25. The molecule has 0 saturated heterocycles. The van der Waals surface area contributed by atoms with Gasteiger partial charge >= 0.3 is 0 Å². The Labute approximate surface area is 138 Å². The highest BCUT2D eigenvalue weighted by molar-refractivity contribution is 5.90. The lowest BCUT2D eigenvalue weighted by atomic mass is 9.93. The fraction of sp³-hybridized carbons (Fsp3) is 0.333. The van der Waals surface area contributed by atoms with E-state index in [1.807, 2.05) is 19.2 Å². The minimum absolute atomic E-state index is 0.0276. The Morgan fingerprint density at radius 3 is 3.21 bits per heavy atom. The number of rotatable bonds is 3. The zero-order chi connectivity index (χ0) is 16.7. The fourth-order valence-electron chi connectivity index (χ4n) is 3.57. The fourth-order valence-corrected chi connectivity index (χ4v) is 3.57. The van der Waals surface area contributed by atoms with E-state index in [4.69, 9.17) is 0 Å². The Kier molecular flexibility index (Phi) is 3.59. The van der Waals surface area contributed by atoms with Gasteiger partial charge in [-0.1, -0.05) is 12.1 Å². The molecule has 0 fully saturated rings. The number of hydrogen-bond donors (Lipinski definition) is 3. The zero-order valence-corrected chi connectivity index (χ0v) is 13.4. The molecule has 3 N–H and O–H groups in total. The number of aryl methyl sites for hydroxylation is 2. The number of aromatic nitrogens is 3. The second-order valence-corrected chi connectivity index (χ2v) is 6.45.